The largest absolute Gasteiger partial charge is 0.392 e. The van der Waals surface area contributed by atoms with Crippen LogP contribution in [0.25, 0.3) is 0 Å². The highest BCUT2D eigenvalue weighted by atomic mass is 32.1. The lowest BCUT2D eigenvalue weighted by molar-refractivity contribution is -0.139. The van der Waals surface area contributed by atoms with E-state index < -0.39 is 5.41 Å². The standard InChI is InChI=1S/C12H22N2O2S/c1-4-16-9-5-7-14(8-6-9)11(15)12(2,3)10(13)17/h9H,4-8H2,1-3H3,(H2,13,17). The lowest BCUT2D eigenvalue weighted by Gasteiger charge is -2.36. The molecule has 4 nitrogen and oxygen atoms in total. The zero-order valence-corrected chi connectivity index (χ0v) is 11.7. The number of piperidine rings is 1. The molecule has 1 saturated heterocycles. The van der Waals surface area contributed by atoms with Gasteiger partial charge in [-0.25, -0.2) is 0 Å². The number of carbonyl (C=O) groups excluding carboxylic acids is 1. The van der Waals surface area contributed by atoms with Gasteiger partial charge in [0.15, 0.2) is 0 Å². The van der Waals surface area contributed by atoms with Crippen LogP contribution in [0.3, 0.4) is 0 Å². The van der Waals surface area contributed by atoms with Gasteiger partial charge in [-0.3, -0.25) is 4.79 Å². The van der Waals surface area contributed by atoms with Crippen LogP contribution < -0.4 is 5.73 Å². The number of hydrogen-bond donors (Lipinski definition) is 1. The van der Waals surface area contributed by atoms with Gasteiger partial charge in [-0.15, -0.1) is 0 Å². The summed E-state index contributed by atoms with van der Waals surface area (Å²) in [6, 6.07) is 0. The predicted molar refractivity (Wildman–Crippen MR) is 71.8 cm³/mol. The van der Waals surface area contributed by atoms with Crippen molar-refractivity contribution in [1.29, 1.82) is 0 Å². The maximum Gasteiger partial charge on any atom is 0.235 e. The molecule has 0 bridgehead atoms. The molecule has 1 rings (SSSR count). The van der Waals surface area contributed by atoms with E-state index in [1.165, 1.54) is 0 Å². The van der Waals surface area contributed by atoms with Crippen molar-refractivity contribution in [2.45, 2.75) is 39.7 Å². The third-order valence-corrected chi connectivity index (χ3v) is 3.79. The summed E-state index contributed by atoms with van der Waals surface area (Å²) < 4.78 is 5.56. The van der Waals surface area contributed by atoms with Crippen molar-refractivity contribution in [2.75, 3.05) is 19.7 Å². The molecule has 1 fully saturated rings. The lowest BCUT2D eigenvalue weighted by atomic mass is 9.90. The summed E-state index contributed by atoms with van der Waals surface area (Å²) in [5.41, 5.74) is 4.87. The zero-order chi connectivity index (χ0) is 13.1. The van der Waals surface area contributed by atoms with Gasteiger partial charge in [-0.05, 0) is 33.6 Å². The minimum Gasteiger partial charge on any atom is -0.392 e. The van der Waals surface area contributed by atoms with Crippen molar-refractivity contribution in [2.24, 2.45) is 11.1 Å². The summed E-state index contributed by atoms with van der Waals surface area (Å²) in [4.78, 5) is 14.3. The van der Waals surface area contributed by atoms with E-state index in [-0.39, 0.29) is 17.0 Å². The van der Waals surface area contributed by atoms with Crippen LogP contribution in [0, 0.1) is 5.41 Å². The molecule has 2 N–H and O–H groups in total. The first-order valence-corrected chi connectivity index (χ1v) is 6.51. The molecule has 1 aliphatic rings. The fourth-order valence-corrected chi connectivity index (χ4v) is 2.05. The highest BCUT2D eigenvalue weighted by Crippen LogP contribution is 2.23. The number of likely N-dealkylation sites (tertiary alicyclic amines) is 1. The molecule has 0 aromatic rings. The second kappa shape index (κ2) is 5.78. The van der Waals surface area contributed by atoms with Gasteiger partial charge < -0.3 is 15.4 Å². The fourth-order valence-electron chi connectivity index (χ4n) is 1.96. The molecule has 0 atom stereocenters. The van der Waals surface area contributed by atoms with Crippen LogP contribution in [0.5, 0.6) is 0 Å². The Balaban J connectivity index is 2.54. The Labute approximate surface area is 108 Å². The summed E-state index contributed by atoms with van der Waals surface area (Å²) in [6.45, 7) is 7.76. The maximum absolute atomic E-state index is 12.2. The molecule has 0 unspecified atom stereocenters. The van der Waals surface area contributed by atoms with Crippen molar-refractivity contribution in [1.82, 2.24) is 4.90 Å². The van der Waals surface area contributed by atoms with Crippen molar-refractivity contribution in [3.63, 3.8) is 0 Å². The number of ether oxygens (including phenoxy) is 1. The summed E-state index contributed by atoms with van der Waals surface area (Å²) in [5, 5.41) is 0. The highest BCUT2D eigenvalue weighted by molar-refractivity contribution is 7.80. The topological polar surface area (TPSA) is 55.6 Å². The van der Waals surface area contributed by atoms with Crippen molar-refractivity contribution < 1.29 is 9.53 Å². The molecule has 0 saturated carbocycles. The van der Waals surface area contributed by atoms with Gasteiger partial charge in [0.1, 0.15) is 0 Å². The van der Waals surface area contributed by atoms with Gasteiger partial charge in [0.05, 0.1) is 16.5 Å². The molecular formula is C12H22N2O2S. The molecule has 0 spiro atoms. The number of hydrogen-bond acceptors (Lipinski definition) is 3. The third kappa shape index (κ3) is 3.39. The van der Waals surface area contributed by atoms with Crippen molar-refractivity contribution in [3.05, 3.63) is 0 Å². The molecule has 98 valence electrons. The van der Waals surface area contributed by atoms with E-state index in [1.54, 1.807) is 13.8 Å². The van der Waals surface area contributed by atoms with Crippen LogP contribution in [0.2, 0.25) is 0 Å². The van der Waals surface area contributed by atoms with Gasteiger partial charge in [0, 0.05) is 19.7 Å². The Morgan fingerprint density at radius 1 is 1.47 bits per heavy atom. The number of amides is 1. The monoisotopic (exact) mass is 258 g/mol. The van der Waals surface area contributed by atoms with Crippen molar-refractivity contribution in [3.8, 4) is 0 Å². The maximum atomic E-state index is 12.2. The minimum absolute atomic E-state index is 0.0277. The Morgan fingerprint density at radius 3 is 2.41 bits per heavy atom. The first kappa shape index (κ1) is 14.4. The summed E-state index contributed by atoms with van der Waals surface area (Å²) in [7, 11) is 0. The van der Waals surface area contributed by atoms with E-state index in [4.69, 9.17) is 22.7 Å². The SMILES string of the molecule is CCOC1CCN(C(=O)C(C)(C)C(N)=S)CC1. The minimum atomic E-state index is -0.742. The van der Waals surface area contributed by atoms with E-state index >= 15 is 0 Å². The average molecular weight is 258 g/mol. The third-order valence-electron chi connectivity index (χ3n) is 3.28. The van der Waals surface area contributed by atoms with Gasteiger partial charge >= 0.3 is 0 Å². The Kier molecular flexibility index (Phi) is 4.89. The molecule has 0 aliphatic carbocycles. The van der Waals surface area contributed by atoms with E-state index in [1.807, 2.05) is 11.8 Å². The molecule has 5 heteroatoms. The van der Waals surface area contributed by atoms with Crippen LogP contribution in [0.15, 0.2) is 0 Å². The van der Waals surface area contributed by atoms with Crippen LogP contribution in [0.4, 0.5) is 0 Å². The molecular weight excluding hydrogens is 236 g/mol. The quantitative estimate of drug-likeness (QED) is 0.773. The predicted octanol–water partition coefficient (Wildman–Crippen LogP) is 1.33. The van der Waals surface area contributed by atoms with Crippen LogP contribution in [-0.2, 0) is 9.53 Å². The highest BCUT2D eigenvalue weighted by Gasteiger charge is 2.36. The molecule has 0 aromatic carbocycles. The summed E-state index contributed by atoms with van der Waals surface area (Å²) in [5.74, 6) is 0.0277. The first-order valence-electron chi connectivity index (χ1n) is 6.10. The second-order valence-corrected chi connectivity index (χ2v) is 5.38. The summed E-state index contributed by atoms with van der Waals surface area (Å²) >= 11 is 4.95. The molecule has 17 heavy (non-hydrogen) atoms. The molecule has 1 amide bonds. The lowest BCUT2D eigenvalue weighted by Crippen LogP contribution is -2.50. The normalized spacial score (nSPS) is 18.2. The summed E-state index contributed by atoms with van der Waals surface area (Å²) in [6.07, 6.45) is 2.08. The number of thiocarbonyl (C=S) groups is 1. The molecule has 1 heterocycles. The van der Waals surface area contributed by atoms with Gasteiger partial charge in [-0.1, -0.05) is 12.2 Å². The van der Waals surface area contributed by atoms with Gasteiger partial charge in [0.25, 0.3) is 0 Å². The van der Waals surface area contributed by atoms with E-state index in [2.05, 4.69) is 0 Å². The number of nitrogens with zero attached hydrogens (tertiary/aromatic N) is 1. The van der Waals surface area contributed by atoms with Gasteiger partial charge in [-0.2, -0.15) is 0 Å². The molecule has 1 aliphatic heterocycles. The zero-order valence-electron chi connectivity index (χ0n) is 10.9. The molecule has 0 aromatic heterocycles. The second-order valence-electron chi connectivity index (χ2n) is 4.94. The Bertz CT molecular complexity index is 297. The van der Waals surface area contributed by atoms with Crippen LogP contribution in [0.1, 0.15) is 33.6 Å². The van der Waals surface area contributed by atoms with E-state index in [0.29, 0.717) is 0 Å². The Morgan fingerprint density at radius 2 is 2.00 bits per heavy atom. The Hall–Kier alpha value is -0.680. The number of rotatable bonds is 4. The fraction of sp³-hybridized carbons (Fsp3) is 0.833. The van der Waals surface area contributed by atoms with Crippen LogP contribution in [-0.4, -0.2) is 41.6 Å². The van der Waals surface area contributed by atoms with E-state index in [0.717, 1.165) is 32.5 Å². The van der Waals surface area contributed by atoms with Gasteiger partial charge in [0.2, 0.25) is 5.91 Å². The first-order chi connectivity index (χ1) is 7.89. The number of nitrogens with two attached hydrogens (primary N) is 1. The molecule has 0 radical (unpaired) electrons. The van der Waals surface area contributed by atoms with Crippen molar-refractivity contribution >= 4 is 23.1 Å². The van der Waals surface area contributed by atoms with Crippen LogP contribution >= 0.6 is 12.2 Å². The van der Waals surface area contributed by atoms with E-state index in [9.17, 15) is 4.79 Å². The average Bonchev–Trinajstić information content (AvgIpc) is 2.29. The smallest absolute Gasteiger partial charge is 0.235 e. The number of carbonyl (C=O) groups is 1.